The molecule has 1 aliphatic rings. The second-order valence-corrected chi connectivity index (χ2v) is 11.4. The van der Waals surface area contributed by atoms with Crippen LogP contribution in [0.5, 0.6) is 0 Å². The van der Waals surface area contributed by atoms with Crippen molar-refractivity contribution < 1.29 is 14.7 Å². The Bertz CT molecular complexity index is 1470. The molecule has 3 aromatic carbocycles. The second-order valence-electron chi connectivity index (χ2n) is 11.4. The largest absolute Gasteiger partial charge is 0.480 e. The highest BCUT2D eigenvalue weighted by molar-refractivity contribution is 5.96. The molecule has 42 heavy (non-hydrogen) atoms. The van der Waals surface area contributed by atoms with Crippen molar-refractivity contribution in [2.45, 2.75) is 70.8 Å². The van der Waals surface area contributed by atoms with E-state index in [4.69, 9.17) is 0 Å². The van der Waals surface area contributed by atoms with Crippen molar-refractivity contribution in [1.29, 1.82) is 0 Å². The van der Waals surface area contributed by atoms with Gasteiger partial charge in [0.1, 0.15) is 6.04 Å². The summed E-state index contributed by atoms with van der Waals surface area (Å²) < 4.78 is 0. The standard InChI is InChI=1S/C36H39N3O3/c1-3-24-5-11-27(12-6-24)28-17-19-29(20-18-28)32-22-37-34(38-23-32)30-13-9-26(10-14-30)21-33(36(41)42)39-35(40)31-15-7-25(4-2)8-16-31/h7-10,13-20,22-24,27,33H,3-6,11-12,21H2,1-2H3,(H,39,40)(H,41,42)/t24?,27?,33-/m0/s1. The summed E-state index contributed by atoms with van der Waals surface area (Å²) in [4.78, 5) is 33.7. The highest BCUT2D eigenvalue weighted by atomic mass is 16.4. The Morgan fingerprint density at radius 1 is 0.786 bits per heavy atom. The fourth-order valence-corrected chi connectivity index (χ4v) is 5.84. The minimum Gasteiger partial charge on any atom is -0.480 e. The summed E-state index contributed by atoms with van der Waals surface area (Å²) in [7, 11) is 0. The van der Waals surface area contributed by atoms with Crippen LogP contribution < -0.4 is 5.32 Å². The van der Waals surface area contributed by atoms with Crippen molar-refractivity contribution in [2.75, 3.05) is 0 Å². The molecule has 6 heteroatoms. The zero-order valence-corrected chi connectivity index (χ0v) is 24.4. The number of aliphatic carboxylic acids is 1. The maximum atomic E-state index is 12.6. The predicted octanol–water partition coefficient (Wildman–Crippen LogP) is 7.48. The van der Waals surface area contributed by atoms with Crippen LogP contribution in [0.2, 0.25) is 0 Å². The van der Waals surface area contributed by atoms with Crippen LogP contribution in [-0.2, 0) is 17.6 Å². The van der Waals surface area contributed by atoms with Crippen LogP contribution in [0, 0.1) is 5.92 Å². The SMILES string of the molecule is CCc1ccc(C(=O)N[C@@H](Cc2ccc(-c3ncc(-c4ccc(C5CCC(CC)CC5)cc4)cn3)cc2)C(=O)O)cc1. The Morgan fingerprint density at radius 2 is 1.38 bits per heavy atom. The van der Waals surface area contributed by atoms with Gasteiger partial charge in [0.2, 0.25) is 0 Å². The van der Waals surface area contributed by atoms with Crippen molar-refractivity contribution >= 4 is 11.9 Å². The molecule has 2 N–H and O–H groups in total. The molecule has 1 aliphatic carbocycles. The summed E-state index contributed by atoms with van der Waals surface area (Å²) in [5, 5.41) is 12.4. The molecule has 1 saturated carbocycles. The first kappa shape index (κ1) is 29.2. The number of carboxylic acids is 1. The third kappa shape index (κ3) is 7.11. The molecule has 216 valence electrons. The summed E-state index contributed by atoms with van der Waals surface area (Å²) in [5.74, 6) is 0.699. The van der Waals surface area contributed by atoms with Gasteiger partial charge in [-0.15, -0.1) is 0 Å². The van der Waals surface area contributed by atoms with Gasteiger partial charge in [-0.2, -0.15) is 0 Å². The summed E-state index contributed by atoms with van der Waals surface area (Å²) in [5.41, 5.74) is 6.71. The fraction of sp³-hybridized carbons (Fsp3) is 0.333. The molecule has 1 amide bonds. The lowest BCUT2D eigenvalue weighted by molar-refractivity contribution is -0.139. The summed E-state index contributed by atoms with van der Waals surface area (Å²) in [6.45, 7) is 4.34. The predicted molar refractivity (Wildman–Crippen MR) is 166 cm³/mol. The first-order valence-electron chi connectivity index (χ1n) is 15.1. The van der Waals surface area contributed by atoms with E-state index in [0.29, 0.717) is 17.3 Å². The van der Waals surface area contributed by atoms with Crippen molar-refractivity contribution in [2.24, 2.45) is 5.92 Å². The first-order valence-corrected chi connectivity index (χ1v) is 15.1. The third-order valence-corrected chi connectivity index (χ3v) is 8.67. The third-order valence-electron chi connectivity index (χ3n) is 8.67. The average Bonchev–Trinajstić information content (AvgIpc) is 3.05. The maximum absolute atomic E-state index is 12.6. The van der Waals surface area contributed by atoms with E-state index in [1.807, 2.05) is 55.7 Å². The molecule has 0 saturated heterocycles. The second kappa shape index (κ2) is 13.6. The normalized spacial score (nSPS) is 17.4. The molecule has 0 radical (unpaired) electrons. The number of benzene rings is 3. The molecule has 6 nitrogen and oxygen atoms in total. The number of aryl methyl sites for hydroxylation is 1. The van der Waals surface area contributed by atoms with Crippen LogP contribution in [0.25, 0.3) is 22.5 Å². The number of carbonyl (C=O) groups excluding carboxylic acids is 1. The zero-order valence-electron chi connectivity index (χ0n) is 24.4. The van der Waals surface area contributed by atoms with Gasteiger partial charge in [-0.1, -0.05) is 80.9 Å². The van der Waals surface area contributed by atoms with Gasteiger partial charge in [-0.3, -0.25) is 4.79 Å². The topological polar surface area (TPSA) is 92.2 Å². The number of nitrogens with zero attached hydrogens (tertiary/aromatic N) is 2. The number of hydrogen-bond acceptors (Lipinski definition) is 4. The Labute approximate surface area is 248 Å². The number of carboxylic acid groups (broad SMARTS) is 1. The minimum absolute atomic E-state index is 0.171. The molecule has 0 spiro atoms. The lowest BCUT2D eigenvalue weighted by Crippen LogP contribution is -2.42. The quantitative estimate of drug-likeness (QED) is 0.209. The van der Waals surface area contributed by atoms with E-state index in [-0.39, 0.29) is 6.42 Å². The van der Waals surface area contributed by atoms with Crippen LogP contribution in [0.4, 0.5) is 0 Å². The fourth-order valence-electron chi connectivity index (χ4n) is 5.84. The van der Waals surface area contributed by atoms with Gasteiger partial charge in [0, 0.05) is 35.5 Å². The molecule has 1 atom stereocenters. The minimum atomic E-state index is -1.08. The van der Waals surface area contributed by atoms with E-state index in [0.717, 1.165) is 40.2 Å². The molecule has 1 fully saturated rings. The smallest absolute Gasteiger partial charge is 0.326 e. The van der Waals surface area contributed by atoms with Crippen LogP contribution in [-0.4, -0.2) is 33.0 Å². The number of amides is 1. The molecule has 0 aliphatic heterocycles. The number of nitrogens with one attached hydrogen (secondary N) is 1. The average molecular weight is 562 g/mol. The molecule has 1 aromatic heterocycles. The van der Waals surface area contributed by atoms with Crippen LogP contribution in [0.1, 0.15) is 78.9 Å². The molecule has 4 aromatic rings. The van der Waals surface area contributed by atoms with E-state index < -0.39 is 17.9 Å². The van der Waals surface area contributed by atoms with Crippen molar-refractivity contribution in [3.63, 3.8) is 0 Å². The highest BCUT2D eigenvalue weighted by Crippen LogP contribution is 2.37. The number of hydrogen-bond donors (Lipinski definition) is 2. The van der Waals surface area contributed by atoms with Gasteiger partial charge in [-0.05, 0) is 78.3 Å². The molecule has 5 rings (SSSR count). The van der Waals surface area contributed by atoms with Gasteiger partial charge in [0.05, 0.1) is 0 Å². The summed E-state index contributed by atoms with van der Waals surface area (Å²) in [6, 6.07) is 22.5. The Hall–Kier alpha value is -4.32. The first-order chi connectivity index (χ1) is 20.4. The lowest BCUT2D eigenvalue weighted by Gasteiger charge is -2.28. The van der Waals surface area contributed by atoms with E-state index in [9.17, 15) is 14.7 Å². The van der Waals surface area contributed by atoms with Gasteiger partial charge in [-0.25, -0.2) is 14.8 Å². The van der Waals surface area contributed by atoms with Crippen molar-refractivity contribution in [1.82, 2.24) is 15.3 Å². The van der Waals surface area contributed by atoms with E-state index in [2.05, 4.69) is 46.5 Å². The van der Waals surface area contributed by atoms with Crippen molar-refractivity contribution in [3.8, 4) is 22.5 Å². The molecule has 0 unspecified atom stereocenters. The highest BCUT2D eigenvalue weighted by Gasteiger charge is 2.22. The number of rotatable bonds is 10. The Balaban J connectivity index is 1.19. The van der Waals surface area contributed by atoms with Crippen LogP contribution >= 0.6 is 0 Å². The van der Waals surface area contributed by atoms with Crippen LogP contribution in [0.3, 0.4) is 0 Å². The summed E-state index contributed by atoms with van der Waals surface area (Å²) >= 11 is 0. The van der Waals surface area contributed by atoms with E-state index in [1.54, 1.807) is 12.1 Å². The lowest BCUT2D eigenvalue weighted by atomic mass is 9.78. The van der Waals surface area contributed by atoms with Gasteiger partial charge in [0.15, 0.2) is 5.82 Å². The van der Waals surface area contributed by atoms with E-state index >= 15 is 0 Å². The summed E-state index contributed by atoms with van der Waals surface area (Å²) in [6.07, 6.45) is 11.3. The molecular weight excluding hydrogens is 522 g/mol. The Morgan fingerprint density at radius 3 is 1.95 bits per heavy atom. The monoisotopic (exact) mass is 561 g/mol. The maximum Gasteiger partial charge on any atom is 0.326 e. The number of aromatic nitrogens is 2. The number of carbonyl (C=O) groups is 2. The van der Waals surface area contributed by atoms with Crippen molar-refractivity contribution in [3.05, 3.63) is 107 Å². The Kier molecular flexibility index (Phi) is 9.42. The van der Waals surface area contributed by atoms with Gasteiger partial charge < -0.3 is 10.4 Å². The van der Waals surface area contributed by atoms with E-state index in [1.165, 1.54) is 37.7 Å². The van der Waals surface area contributed by atoms with Crippen LogP contribution in [0.15, 0.2) is 85.2 Å². The molecule has 0 bridgehead atoms. The van der Waals surface area contributed by atoms with Gasteiger partial charge in [0.25, 0.3) is 5.91 Å². The molecular formula is C36H39N3O3. The van der Waals surface area contributed by atoms with Gasteiger partial charge >= 0.3 is 5.97 Å². The zero-order chi connectivity index (χ0) is 29.5. The molecule has 1 heterocycles.